The van der Waals surface area contributed by atoms with Gasteiger partial charge >= 0.3 is 0 Å². The van der Waals surface area contributed by atoms with Gasteiger partial charge in [0.25, 0.3) is 10.0 Å². The second kappa shape index (κ2) is 8.79. The van der Waals surface area contributed by atoms with E-state index in [1.165, 1.54) is 16.4 Å². The van der Waals surface area contributed by atoms with E-state index in [-0.39, 0.29) is 28.1 Å². The molecule has 2 fully saturated rings. The standard InChI is InChI=1S/C24H31N5O4S2/c1-3-16-12-17(28-34(30,31)18-8-9-18)13-22(16)27-23-20-10-11-29(24(20)26-14-21(23)25)35(32,33)19-6-4-15(2)5-7-19/h4-7,10-11,14,16-18,22,28H,3,8-9,12-13,25H2,1-2H3,(H,26,27)/t16-,17?,22+/m1/s1. The van der Waals surface area contributed by atoms with Crippen LogP contribution in [0.15, 0.2) is 47.6 Å². The number of fused-ring (bicyclic) bond motifs is 1. The molecule has 0 amide bonds. The Morgan fingerprint density at radius 2 is 1.80 bits per heavy atom. The Morgan fingerprint density at radius 1 is 1.09 bits per heavy atom. The van der Waals surface area contributed by atoms with Crippen molar-refractivity contribution in [3.63, 3.8) is 0 Å². The number of aromatic nitrogens is 2. The van der Waals surface area contributed by atoms with Gasteiger partial charge in [-0.25, -0.2) is 30.5 Å². The van der Waals surface area contributed by atoms with Crippen molar-refractivity contribution in [1.82, 2.24) is 13.7 Å². The largest absolute Gasteiger partial charge is 0.396 e. The lowest BCUT2D eigenvalue weighted by atomic mass is 10.00. The van der Waals surface area contributed by atoms with Crippen LogP contribution >= 0.6 is 0 Å². The van der Waals surface area contributed by atoms with Crippen LogP contribution in [0.4, 0.5) is 11.4 Å². The van der Waals surface area contributed by atoms with E-state index < -0.39 is 20.0 Å². The number of benzene rings is 1. The van der Waals surface area contributed by atoms with Gasteiger partial charge in [0.2, 0.25) is 10.0 Å². The van der Waals surface area contributed by atoms with Gasteiger partial charge < -0.3 is 11.1 Å². The van der Waals surface area contributed by atoms with Crippen LogP contribution in [0.2, 0.25) is 0 Å². The van der Waals surface area contributed by atoms with Gasteiger partial charge in [-0.05, 0) is 56.7 Å². The van der Waals surface area contributed by atoms with E-state index in [0.717, 1.165) is 31.2 Å². The second-order valence-corrected chi connectivity index (χ2v) is 13.5. The number of nitrogens with zero attached hydrogens (tertiary/aromatic N) is 2. The molecule has 11 heteroatoms. The summed E-state index contributed by atoms with van der Waals surface area (Å²) in [7, 11) is -7.10. The molecular weight excluding hydrogens is 486 g/mol. The zero-order valence-corrected chi connectivity index (χ0v) is 21.4. The average Bonchev–Trinajstić information content (AvgIpc) is 3.48. The lowest BCUT2D eigenvalue weighted by Crippen LogP contribution is -2.36. The summed E-state index contributed by atoms with van der Waals surface area (Å²) in [5.74, 6) is 0.253. The van der Waals surface area contributed by atoms with Crippen LogP contribution in [0.1, 0.15) is 44.6 Å². The molecule has 0 bridgehead atoms. The van der Waals surface area contributed by atoms with E-state index in [1.807, 2.05) is 6.92 Å². The summed E-state index contributed by atoms with van der Waals surface area (Å²) in [5, 5.41) is 3.88. The maximum Gasteiger partial charge on any atom is 0.269 e. The molecule has 35 heavy (non-hydrogen) atoms. The minimum absolute atomic E-state index is 0.00291. The van der Waals surface area contributed by atoms with Crippen LogP contribution in [-0.2, 0) is 20.0 Å². The molecule has 4 N–H and O–H groups in total. The summed E-state index contributed by atoms with van der Waals surface area (Å²) < 4.78 is 55.6. The molecule has 2 aromatic heterocycles. The minimum Gasteiger partial charge on any atom is -0.396 e. The van der Waals surface area contributed by atoms with E-state index in [4.69, 9.17) is 5.73 Å². The predicted octanol–water partition coefficient (Wildman–Crippen LogP) is 3.21. The third-order valence-electron chi connectivity index (χ3n) is 7.13. The molecule has 5 rings (SSSR count). The maximum atomic E-state index is 13.3. The van der Waals surface area contributed by atoms with Crippen molar-refractivity contribution >= 4 is 42.5 Å². The highest BCUT2D eigenvalue weighted by Crippen LogP contribution is 2.37. The van der Waals surface area contributed by atoms with Gasteiger partial charge in [-0.15, -0.1) is 0 Å². The van der Waals surface area contributed by atoms with Gasteiger partial charge in [0.05, 0.1) is 27.7 Å². The Morgan fingerprint density at radius 3 is 2.46 bits per heavy atom. The fourth-order valence-electron chi connectivity index (χ4n) is 5.00. The van der Waals surface area contributed by atoms with Gasteiger partial charge in [-0.2, -0.15) is 0 Å². The van der Waals surface area contributed by atoms with Crippen molar-refractivity contribution in [2.45, 2.75) is 68.2 Å². The monoisotopic (exact) mass is 517 g/mol. The molecule has 1 aromatic carbocycles. The Hall–Kier alpha value is -2.63. The van der Waals surface area contributed by atoms with E-state index >= 15 is 0 Å². The molecule has 3 aromatic rings. The van der Waals surface area contributed by atoms with Crippen LogP contribution in [0.3, 0.4) is 0 Å². The number of nitrogen functional groups attached to an aromatic ring is 1. The Bertz CT molecular complexity index is 1460. The lowest BCUT2D eigenvalue weighted by molar-refractivity contribution is 0.480. The van der Waals surface area contributed by atoms with E-state index in [1.54, 1.807) is 30.3 Å². The highest BCUT2D eigenvalue weighted by atomic mass is 32.2. The quantitative estimate of drug-likeness (QED) is 0.417. The first kappa shape index (κ1) is 24.1. The van der Waals surface area contributed by atoms with E-state index in [9.17, 15) is 16.8 Å². The molecule has 0 aliphatic heterocycles. The van der Waals surface area contributed by atoms with Crippen molar-refractivity contribution in [2.24, 2.45) is 5.92 Å². The number of hydrogen-bond donors (Lipinski definition) is 3. The predicted molar refractivity (Wildman–Crippen MR) is 137 cm³/mol. The molecule has 2 heterocycles. The van der Waals surface area contributed by atoms with E-state index in [2.05, 4.69) is 21.9 Å². The van der Waals surface area contributed by atoms with Gasteiger partial charge in [-0.3, -0.25) is 0 Å². The molecule has 1 unspecified atom stereocenters. The van der Waals surface area contributed by atoms with Crippen LogP contribution in [-0.4, -0.2) is 43.1 Å². The Labute approximate surface area is 206 Å². The van der Waals surface area contributed by atoms with Crippen molar-refractivity contribution in [3.8, 4) is 0 Å². The number of aryl methyl sites for hydroxylation is 1. The van der Waals surface area contributed by atoms with Crippen LogP contribution < -0.4 is 15.8 Å². The molecule has 0 radical (unpaired) electrons. The molecule has 2 aliphatic rings. The Balaban J connectivity index is 1.44. The SMILES string of the molecule is CC[C@@H]1CC(NS(=O)(=O)C2CC2)C[C@@H]1Nc1c(N)cnc2c1ccn2S(=O)(=O)c1ccc(C)cc1. The summed E-state index contributed by atoms with van der Waals surface area (Å²) >= 11 is 0. The van der Waals surface area contributed by atoms with E-state index in [0.29, 0.717) is 28.8 Å². The van der Waals surface area contributed by atoms with Crippen molar-refractivity contribution in [1.29, 1.82) is 0 Å². The first-order valence-corrected chi connectivity index (χ1v) is 14.9. The fourth-order valence-corrected chi connectivity index (χ4v) is 7.91. The number of nitrogens with one attached hydrogen (secondary N) is 2. The molecule has 9 nitrogen and oxygen atoms in total. The molecule has 188 valence electrons. The molecule has 2 aliphatic carbocycles. The number of hydrogen-bond acceptors (Lipinski definition) is 7. The minimum atomic E-state index is -3.83. The van der Waals surface area contributed by atoms with Crippen molar-refractivity contribution in [3.05, 3.63) is 48.3 Å². The van der Waals surface area contributed by atoms with Gasteiger partial charge in [0, 0.05) is 23.7 Å². The summed E-state index contributed by atoms with van der Waals surface area (Å²) in [6.07, 6.45) is 6.69. The molecule has 2 saturated carbocycles. The number of pyridine rings is 1. The van der Waals surface area contributed by atoms with Crippen LogP contribution in [0, 0.1) is 12.8 Å². The lowest BCUT2D eigenvalue weighted by Gasteiger charge is -2.22. The zero-order chi connectivity index (χ0) is 25.0. The average molecular weight is 518 g/mol. The van der Waals surface area contributed by atoms with Gasteiger partial charge in [0.15, 0.2) is 5.65 Å². The Kier molecular flexibility index (Phi) is 6.05. The number of rotatable bonds is 8. The number of sulfonamides is 1. The van der Waals surface area contributed by atoms with Crippen molar-refractivity contribution in [2.75, 3.05) is 11.1 Å². The summed E-state index contributed by atoms with van der Waals surface area (Å²) in [4.78, 5) is 4.52. The normalized spacial score (nSPS) is 23.1. The number of nitrogens with two attached hydrogens (primary N) is 1. The smallest absolute Gasteiger partial charge is 0.269 e. The first-order valence-electron chi connectivity index (χ1n) is 12.0. The summed E-state index contributed by atoms with van der Waals surface area (Å²) in [6.45, 7) is 3.99. The zero-order valence-electron chi connectivity index (χ0n) is 19.8. The topological polar surface area (TPSA) is 136 Å². The third-order valence-corrected chi connectivity index (χ3v) is 10.8. The fraction of sp³-hybridized carbons (Fsp3) is 0.458. The third kappa shape index (κ3) is 4.52. The van der Waals surface area contributed by atoms with Gasteiger partial charge in [-0.1, -0.05) is 31.0 Å². The summed E-state index contributed by atoms with van der Waals surface area (Å²) in [5.41, 5.74) is 8.59. The first-order chi connectivity index (χ1) is 16.6. The summed E-state index contributed by atoms with van der Waals surface area (Å²) in [6, 6.07) is 8.26. The van der Waals surface area contributed by atoms with Crippen LogP contribution in [0.25, 0.3) is 11.0 Å². The molecule has 3 atom stereocenters. The van der Waals surface area contributed by atoms with Gasteiger partial charge in [0.1, 0.15) is 0 Å². The van der Waals surface area contributed by atoms with Crippen LogP contribution in [0.5, 0.6) is 0 Å². The number of anilines is 2. The highest BCUT2D eigenvalue weighted by molar-refractivity contribution is 7.90. The molecular formula is C24H31N5O4S2. The van der Waals surface area contributed by atoms with Crippen molar-refractivity contribution < 1.29 is 16.8 Å². The molecule has 0 saturated heterocycles. The molecule has 0 spiro atoms. The second-order valence-electron chi connectivity index (χ2n) is 9.71. The highest BCUT2D eigenvalue weighted by Gasteiger charge is 2.41. The maximum absolute atomic E-state index is 13.3.